The van der Waals surface area contributed by atoms with Crippen LogP contribution < -0.4 is 5.32 Å². The van der Waals surface area contributed by atoms with Gasteiger partial charge in [0, 0.05) is 35.4 Å². The van der Waals surface area contributed by atoms with E-state index in [1.165, 1.54) is 4.90 Å². The summed E-state index contributed by atoms with van der Waals surface area (Å²) >= 11 is 1.77. The third-order valence-corrected chi connectivity index (χ3v) is 4.79. The van der Waals surface area contributed by atoms with Crippen LogP contribution in [0.2, 0.25) is 0 Å². The van der Waals surface area contributed by atoms with Gasteiger partial charge in [0.1, 0.15) is 5.69 Å². The number of fused-ring (bicyclic) bond motifs is 3. The molecule has 5 heteroatoms. The van der Waals surface area contributed by atoms with Crippen molar-refractivity contribution in [2.75, 3.05) is 6.54 Å². The number of aromatic nitrogens is 2. The number of carbonyl (C=O) groups is 1. The topological polar surface area (TPSA) is 46.9 Å². The maximum atomic E-state index is 12.4. The number of hydrogen-bond donors (Lipinski definition) is 1. The van der Waals surface area contributed by atoms with Crippen LogP contribution >= 0.6 is 11.8 Å². The van der Waals surface area contributed by atoms with Crippen LogP contribution in [0.3, 0.4) is 0 Å². The first-order chi connectivity index (χ1) is 10.2. The van der Waals surface area contributed by atoms with E-state index in [9.17, 15) is 4.79 Å². The lowest BCUT2D eigenvalue weighted by Gasteiger charge is -2.15. The van der Waals surface area contributed by atoms with Crippen molar-refractivity contribution in [1.29, 1.82) is 0 Å². The minimum atomic E-state index is -0.0142. The summed E-state index contributed by atoms with van der Waals surface area (Å²) in [4.78, 5) is 13.6. The van der Waals surface area contributed by atoms with Crippen LogP contribution in [0.5, 0.6) is 0 Å². The number of nitrogens with zero attached hydrogens (tertiary/aromatic N) is 2. The number of carbonyl (C=O) groups excluding carboxylic acids is 1. The SMILES string of the molecule is CCCCNC(=O)c1c2c(nn1C)-c1ccccc1SC2. The van der Waals surface area contributed by atoms with E-state index < -0.39 is 0 Å². The molecule has 2 aromatic rings. The molecule has 0 atom stereocenters. The molecule has 110 valence electrons. The van der Waals surface area contributed by atoms with Crippen molar-refractivity contribution in [2.45, 2.75) is 30.4 Å². The maximum Gasteiger partial charge on any atom is 0.269 e. The quantitative estimate of drug-likeness (QED) is 0.882. The summed E-state index contributed by atoms with van der Waals surface area (Å²) in [6, 6.07) is 8.24. The minimum Gasteiger partial charge on any atom is -0.351 e. The van der Waals surface area contributed by atoms with Gasteiger partial charge in [-0.05, 0) is 12.5 Å². The Morgan fingerprint density at radius 2 is 2.24 bits per heavy atom. The molecule has 4 nitrogen and oxygen atoms in total. The second-order valence-corrected chi connectivity index (χ2v) is 6.21. The lowest BCUT2D eigenvalue weighted by Crippen LogP contribution is -2.27. The Bertz CT molecular complexity index is 678. The van der Waals surface area contributed by atoms with E-state index in [-0.39, 0.29) is 5.91 Å². The first-order valence-corrected chi connectivity index (χ1v) is 8.27. The van der Waals surface area contributed by atoms with E-state index in [0.717, 1.165) is 42.0 Å². The molecule has 2 heterocycles. The average Bonchev–Trinajstić information content (AvgIpc) is 2.84. The Kier molecular flexibility index (Phi) is 4.01. The highest BCUT2D eigenvalue weighted by molar-refractivity contribution is 7.98. The first kappa shape index (κ1) is 14.2. The highest BCUT2D eigenvalue weighted by Crippen LogP contribution is 2.41. The zero-order chi connectivity index (χ0) is 14.8. The van der Waals surface area contributed by atoms with Crippen molar-refractivity contribution < 1.29 is 4.79 Å². The number of thioether (sulfide) groups is 1. The largest absolute Gasteiger partial charge is 0.351 e. The maximum absolute atomic E-state index is 12.4. The fraction of sp³-hybridized carbons (Fsp3) is 0.375. The van der Waals surface area contributed by atoms with Crippen LogP contribution in [0.25, 0.3) is 11.3 Å². The van der Waals surface area contributed by atoms with Gasteiger partial charge in [0.05, 0.1) is 5.69 Å². The van der Waals surface area contributed by atoms with Crippen LogP contribution in [-0.2, 0) is 12.8 Å². The number of amides is 1. The molecular weight excluding hydrogens is 282 g/mol. The van der Waals surface area contributed by atoms with Gasteiger partial charge >= 0.3 is 0 Å². The van der Waals surface area contributed by atoms with Crippen molar-refractivity contribution in [2.24, 2.45) is 7.05 Å². The number of rotatable bonds is 4. The van der Waals surface area contributed by atoms with Crippen LogP contribution in [0.1, 0.15) is 35.8 Å². The third kappa shape index (κ3) is 2.58. The molecule has 1 amide bonds. The van der Waals surface area contributed by atoms with Crippen LogP contribution in [0, 0.1) is 0 Å². The van der Waals surface area contributed by atoms with Gasteiger partial charge in [0.25, 0.3) is 5.91 Å². The Hall–Kier alpha value is -1.75. The summed E-state index contributed by atoms with van der Waals surface area (Å²) < 4.78 is 1.72. The smallest absolute Gasteiger partial charge is 0.269 e. The fourth-order valence-corrected chi connectivity index (χ4v) is 3.67. The molecule has 1 N–H and O–H groups in total. The Morgan fingerprint density at radius 3 is 3.05 bits per heavy atom. The van der Waals surface area contributed by atoms with Gasteiger partial charge in [-0.15, -0.1) is 11.8 Å². The van der Waals surface area contributed by atoms with Crippen LogP contribution in [0.4, 0.5) is 0 Å². The Labute approximate surface area is 128 Å². The zero-order valence-electron chi connectivity index (χ0n) is 12.3. The number of aryl methyl sites for hydroxylation is 1. The van der Waals surface area contributed by atoms with Gasteiger partial charge in [-0.1, -0.05) is 31.5 Å². The number of unbranched alkanes of at least 4 members (excludes halogenated alkanes) is 1. The van der Waals surface area contributed by atoms with Crippen molar-refractivity contribution >= 4 is 17.7 Å². The summed E-state index contributed by atoms with van der Waals surface area (Å²) in [7, 11) is 1.85. The van der Waals surface area contributed by atoms with Crippen LogP contribution in [-0.4, -0.2) is 22.2 Å². The average molecular weight is 301 g/mol. The monoisotopic (exact) mass is 301 g/mol. The highest BCUT2D eigenvalue weighted by Gasteiger charge is 2.27. The number of nitrogens with one attached hydrogen (secondary N) is 1. The predicted molar refractivity (Wildman–Crippen MR) is 85.4 cm³/mol. The summed E-state index contributed by atoms with van der Waals surface area (Å²) in [5.41, 5.74) is 3.83. The molecule has 0 bridgehead atoms. The standard InChI is InChI=1S/C16H19N3OS/c1-3-4-9-17-16(20)15-12-10-21-13-8-6-5-7-11(13)14(12)18-19(15)2/h5-8H,3-4,9-10H2,1-2H3,(H,17,20). The summed E-state index contributed by atoms with van der Waals surface area (Å²) in [6.07, 6.45) is 2.08. The molecule has 21 heavy (non-hydrogen) atoms. The molecule has 0 saturated carbocycles. The van der Waals surface area contributed by atoms with Crippen LogP contribution in [0.15, 0.2) is 29.2 Å². The van der Waals surface area contributed by atoms with Gasteiger partial charge in [-0.2, -0.15) is 5.10 Å². The zero-order valence-corrected chi connectivity index (χ0v) is 13.2. The normalized spacial score (nSPS) is 12.7. The summed E-state index contributed by atoms with van der Waals surface area (Å²) in [5.74, 6) is 0.788. The highest BCUT2D eigenvalue weighted by atomic mass is 32.2. The van der Waals surface area contributed by atoms with Gasteiger partial charge in [0.2, 0.25) is 0 Å². The predicted octanol–water partition coefficient (Wildman–Crippen LogP) is 3.22. The molecule has 1 aliphatic rings. The van der Waals surface area contributed by atoms with E-state index in [1.54, 1.807) is 16.4 Å². The summed E-state index contributed by atoms with van der Waals surface area (Å²) in [5, 5.41) is 7.58. The molecule has 0 radical (unpaired) electrons. The van der Waals surface area contributed by atoms with Crippen molar-refractivity contribution in [1.82, 2.24) is 15.1 Å². The van der Waals surface area contributed by atoms with Gasteiger partial charge in [-0.3, -0.25) is 9.48 Å². The summed E-state index contributed by atoms with van der Waals surface area (Å²) in [6.45, 7) is 2.84. The van der Waals surface area contributed by atoms with Gasteiger partial charge in [0.15, 0.2) is 0 Å². The molecule has 1 aromatic carbocycles. The molecule has 3 rings (SSSR count). The lowest BCUT2D eigenvalue weighted by atomic mass is 10.1. The van der Waals surface area contributed by atoms with E-state index in [0.29, 0.717) is 5.69 Å². The number of hydrogen-bond acceptors (Lipinski definition) is 3. The lowest BCUT2D eigenvalue weighted by molar-refractivity contribution is 0.0943. The molecule has 0 aliphatic carbocycles. The molecule has 0 fully saturated rings. The van der Waals surface area contributed by atoms with E-state index in [4.69, 9.17) is 0 Å². The van der Waals surface area contributed by atoms with E-state index in [2.05, 4.69) is 29.5 Å². The van der Waals surface area contributed by atoms with Crippen molar-refractivity contribution in [3.8, 4) is 11.3 Å². The van der Waals surface area contributed by atoms with E-state index in [1.807, 2.05) is 19.2 Å². The van der Waals surface area contributed by atoms with Crippen molar-refractivity contribution in [3.63, 3.8) is 0 Å². The second-order valence-electron chi connectivity index (χ2n) is 5.19. The van der Waals surface area contributed by atoms with E-state index >= 15 is 0 Å². The molecule has 1 aromatic heterocycles. The Balaban J connectivity index is 1.95. The van der Waals surface area contributed by atoms with Gasteiger partial charge < -0.3 is 5.32 Å². The molecule has 0 spiro atoms. The molecule has 0 saturated heterocycles. The minimum absolute atomic E-state index is 0.0142. The van der Waals surface area contributed by atoms with Crippen molar-refractivity contribution in [3.05, 3.63) is 35.5 Å². The molecule has 0 unspecified atom stereocenters. The number of benzene rings is 1. The molecule has 1 aliphatic heterocycles. The first-order valence-electron chi connectivity index (χ1n) is 7.28. The third-order valence-electron chi connectivity index (χ3n) is 3.69. The Morgan fingerprint density at radius 1 is 1.43 bits per heavy atom. The fourth-order valence-electron chi connectivity index (χ4n) is 2.61. The molecular formula is C16H19N3OS. The second kappa shape index (κ2) is 5.93. The van der Waals surface area contributed by atoms with Gasteiger partial charge in [-0.25, -0.2) is 0 Å².